The predicted molar refractivity (Wildman–Crippen MR) is 114 cm³/mol. The van der Waals surface area contributed by atoms with Gasteiger partial charge in [0.2, 0.25) is 0 Å². The van der Waals surface area contributed by atoms with Gasteiger partial charge in [-0.05, 0) is 30.7 Å². The topological polar surface area (TPSA) is 62.5 Å². The van der Waals surface area contributed by atoms with Gasteiger partial charge in [0.15, 0.2) is 0 Å². The van der Waals surface area contributed by atoms with E-state index in [-0.39, 0.29) is 11.9 Å². The molecule has 1 saturated heterocycles. The summed E-state index contributed by atoms with van der Waals surface area (Å²) in [7, 11) is 0. The van der Waals surface area contributed by atoms with Crippen molar-refractivity contribution in [1.82, 2.24) is 14.2 Å². The van der Waals surface area contributed by atoms with Crippen molar-refractivity contribution in [3.63, 3.8) is 0 Å². The maximum atomic E-state index is 13.2. The number of hydrogen-bond donors (Lipinski definition) is 1. The smallest absolute Gasteiger partial charge is 0.272 e. The lowest BCUT2D eigenvalue weighted by Crippen LogP contribution is -2.48. The summed E-state index contributed by atoms with van der Waals surface area (Å²) < 4.78 is 2.45. The Labute approximate surface area is 166 Å². The summed E-state index contributed by atoms with van der Waals surface area (Å²) in [6.07, 6.45) is 6.28. The van der Waals surface area contributed by atoms with E-state index in [0.717, 1.165) is 36.7 Å². The Hall–Kier alpha value is -1.63. The van der Waals surface area contributed by atoms with Crippen molar-refractivity contribution in [2.45, 2.75) is 38.6 Å². The molecule has 6 heteroatoms. The van der Waals surface area contributed by atoms with E-state index in [1.54, 1.807) is 6.20 Å². The number of benzene rings is 1. The molecule has 0 saturated carbocycles. The van der Waals surface area contributed by atoms with Crippen LogP contribution in [0.1, 0.15) is 43.1 Å². The van der Waals surface area contributed by atoms with Gasteiger partial charge in [-0.15, -0.1) is 0 Å². The second kappa shape index (κ2) is 10.1. The second-order valence-corrected chi connectivity index (χ2v) is 8.23. The normalized spacial score (nSPS) is 15.9. The zero-order valence-corrected chi connectivity index (χ0v) is 17.0. The largest absolute Gasteiger partial charge is 0.333 e. The van der Waals surface area contributed by atoms with Crippen molar-refractivity contribution in [1.29, 1.82) is 0 Å². The summed E-state index contributed by atoms with van der Waals surface area (Å²) in [5.74, 6) is 1.19. The Morgan fingerprint density at radius 1 is 1.30 bits per heavy atom. The minimum absolute atomic E-state index is 0.00305. The lowest BCUT2D eigenvalue weighted by Gasteiger charge is -2.37. The summed E-state index contributed by atoms with van der Waals surface area (Å²) in [5.41, 5.74) is 6.34. The number of aromatic nitrogens is 1. The molecule has 0 radical (unpaired) electrons. The summed E-state index contributed by atoms with van der Waals surface area (Å²) in [5, 5.41) is 2.10. The molecule has 1 fully saturated rings. The van der Waals surface area contributed by atoms with Gasteiger partial charge < -0.3 is 10.6 Å². The third kappa shape index (κ3) is 5.21. The van der Waals surface area contributed by atoms with Gasteiger partial charge in [-0.3, -0.25) is 14.1 Å². The first-order valence-electron chi connectivity index (χ1n) is 9.96. The van der Waals surface area contributed by atoms with Crippen LogP contribution in [0.3, 0.4) is 0 Å². The van der Waals surface area contributed by atoms with Crippen LogP contribution < -0.4 is 5.73 Å². The van der Waals surface area contributed by atoms with Crippen LogP contribution in [0.4, 0.5) is 0 Å². The van der Waals surface area contributed by atoms with Gasteiger partial charge in [0.25, 0.3) is 5.91 Å². The summed E-state index contributed by atoms with van der Waals surface area (Å²) >= 11 is 1.95. The number of rotatable bonds is 8. The average molecular weight is 387 g/mol. The molecule has 146 valence electrons. The van der Waals surface area contributed by atoms with E-state index in [9.17, 15) is 4.79 Å². The molecule has 0 unspecified atom stereocenters. The van der Waals surface area contributed by atoms with Gasteiger partial charge in [0.05, 0.1) is 0 Å². The lowest BCUT2D eigenvalue weighted by atomic mass is 10.0. The number of nitrogens with zero attached hydrogens (tertiary/aromatic N) is 3. The van der Waals surface area contributed by atoms with Crippen molar-refractivity contribution in [3.05, 3.63) is 42.2 Å². The van der Waals surface area contributed by atoms with Gasteiger partial charge >= 0.3 is 0 Å². The van der Waals surface area contributed by atoms with E-state index in [0.29, 0.717) is 18.8 Å². The van der Waals surface area contributed by atoms with Crippen LogP contribution in [0.15, 0.2) is 36.5 Å². The molecule has 2 heterocycles. The fourth-order valence-corrected chi connectivity index (χ4v) is 4.70. The van der Waals surface area contributed by atoms with Crippen molar-refractivity contribution in [2.75, 3.05) is 31.9 Å². The molecule has 1 aromatic heterocycles. The molecule has 0 spiro atoms. The van der Waals surface area contributed by atoms with Crippen LogP contribution in [-0.2, 0) is 0 Å². The highest BCUT2D eigenvalue weighted by Crippen LogP contribution is 2.24. The zero-order chi connectivity index (χ0) is 19.1. The Balaban J connectivity index is 1.66. The monoisotopic (exact) mass is 386 g/mol. The highest BCUT2D eigenvalue weighted by Gasteiger charge is 2.29. The molecule has 1 aromatic carbocycles. The Bertz CT molecular complexity index is 746. The number of carbonyl (C=O) groups is 1. The molecule has 5 nitrogen and oxygen atoms in total. The summed E-state index contributed by atoms with van der Waals surface area (Å²) in [4.78, 5) is 19.5. The van der Waals surface area contributed by atoms with Crippen LogP contribution in [0.2, 0.25) is 0 Å². The molecule has 2 N–H and O–H groups in total. The van der Waals surface area contributed by atoms with Gasteiger partial charge in [-0.25, -0.2) is 0 Å². The second-order valence-electron chi connectivity index (χ2n) is 7.05. The first-order chi connectivity index (χ1) is 13.2. The molecular weight excluding hydrogens is 356 g/mol. The fraction of sp³-hybridized carbons (Fsp3) is 0.524. The lowest BCUT2D eigenvalue weighted by molar-refractivity contribution is 0.0622. The van der Waals surface area contributed by atoms with Crippen LogP contribution in [0.25, 0.3) is 10.8 Å². The van der Waals surface area contributed by atoms with Gasteiger partial charge in [-0.2, -0.15) is 0 Å². The van der Waals surface area contributed by atoms with Gasteiger partial charge in [0.1, 0.15) is 5.69 Å². The number of carbonyl (C=O) groups excluding carboxylic acids is 1. The van der Waals surface area contributed by atoms with Gasteiger partial charge in [0, 0.05) is 49.6 Å². The van der Waals surface area contributed by atoms with Crippen molar-refractivity contribution >= 4 is 28.6 Å². The molecule has 1 aliphatic heterocycles. The summed E-state index contributed by atoms with van der Waals surface area (Å²) in [6.45, 7) is 5.34. The first kappa shape index (κ1) is 20.1. The number of hydrogen-bond acceptors (Lipinski definition) is 5. The molecule has 2 aromatic rings. The number of pyridine rings is 1. The number of fused-ring (bicyclic) bond motifs is 1. The Kier molecular flexibility index (Phi) is 7.50. The highest BCUT2D eigenvalue weighted by molar-refractivity contribution is 7.97. The van der Waals surface area contributed by atoms with Crippen LogP contribution in [-0.4, -0.2) is 58.1 Å². The van der Waals surface area contributed by atoms with E-state index >= 15 is 0 Å². The molecule has 1 aliphatic rings. The maximum absolute atomic E-state index is 13.2. The summed E-state index contributed by atoms with van der Waals surface area (Å²) in [6, 6.07) is 10.2. The van der Waals surface area contributed by atoms with Crippen LogP contribution >= 0.6 is 11.9 Å². The standard InChI is InChI=1S/C21H30N4OS/c1-2-3-14-27-24-11-8-19(9-12-24)25(13-10-22)21(26)20-15-17-6-4-5-7-18(17)16-23-20/h4-7,15-16,19H,2-3,8-14,22H2,1H3. The van der Waals surface area contributed by atoms with Crippen LogP contribution in [0.5, 0.6) is 0 Å². The quantitative estimate of drug-likeness (QED) is 0.555. The van der Waals surface area contributed by atoms with Crippen molar-refractivity contribution < 1.29 is 4.79 Å². The zero-order valence-electron chi connectivity index (χ0n) is 16.1. The van der Waals surface area contributed by atoms with E-state index < -0.39 is 0 Å². The van der Waals surface area contributed by atoms with E-state index in [4.69, 9.17) is 5.73 Å². The number of amides is 1. The maximum Gasteiger partial charge on any atom is 0.272 e. The third-order valence-corrected chi connectivity index (χ3v) is 6.32. The number of nitrogens with two attached hydrogens (primary N) is 1. The Morgan fingerprint density at radius 2 is 2.04 bits per heavy atom. The van der Waals surface area contributed by atoms with Gasteiger partial charge in [-0.1, -0.05) is 49.6 Å². The number of piperidine rings is 1. The van der Waals surface area contributed by atoms with Crippen molar-refractivity contribution in [2.24, 2.45) is 5.73 Å². The minimum Gasteiger partial charge on any atom is -0.333 e. The van der Waals surface area contributed by atoms with E-state index in [1.807, 2.05) is 47.2 Å². The third-order valence-electron chi connectivity index (χ3n) is 5.12. The molecule has 3 rings (SSSR count). The van der Waals surface area contributed by atoms with E-state index in [2.05, 4.69) is 16.2 Å². The molecule has 27 heavy (non-hydrogen) atoms. The molecule has 0 aliphatic carbocycles. The molecular formula is C21H30N4OS. The Morgan fingerprint density at radius 3 is 2.74 bits per heavy atom. The highest BCUT2D eigenvalue weighted by atomic mass is 32.2. The van der Waals surface area contributed by atoms with E-state index in [1.165, 1.54) is 18.6 Å². The SMILES string of the molecule is CCCCSN1CCC(N(CCN)C(=O)c2cc3ccccc3cn2)CC1. The molecule has 1 amide bonds. The minimum atomic E-state index is 0.00305. The molecule has 0 bridgehead atoms. The first-order valence-corrected chi connectivity index (χ1v) is 10.9. The molecule has 0 atom stereocenters. The fourth-order valence-electron chi connectivity index (χ4n) is 3.56. The van der Waals surface area contributed by atoms with Crippen LogP contribution in [0, 0.1) is 0 Å². The number of unbranched alkanes of at least 4 members (excludes halogenated alkanes) is 1. The van der Waals surface area contributed by atoms with Crippen molar-refractivity contribution in [3.8, 4) is 0 Å². The predicted octanol–water partition coefficient (Wildman–Crippen LogP) is 3.55. The average Bonchev–Trinajstić information content (AvgIpc) is 2.72.